The van der Waals surface area contributed by atoms with Crippen molar-refractivity contribution in [3.63, 3.8) is 0 Å². The lowest BCUT2D eigenvalue weighted by molar-refractivity contribution is -0.147. The number of morpholine rings is 1. The predicted molar refractivity (Wildman–Crippen MR) is 71.6 cm³/mol. The average Bonchev–Trinajstić information content (AvgIpc) is 3.20. The minimum atomic E-state index is -1.03. The highest BCUT2D eigenvalue weighted by Crippen LogP contribution is 2.30. The quantitative estimate of drug-likeness (QED) is 0.900. The van der Waals surface area contributed by atoms with Gasteiger partial charge in [-0.1, -0.05) is 0 Å². The van der Waals surface area contributed by atoms with Gasteiger partial charge in [0.1, 0.15) is 5.76 Å². The van der Waals surface area contributed by atoms with Gasteiger partial charge in [-0.3, -0.25) is 0 Å². The van der Waals surface area contributed by atoms with Crippen LogP contribution in [-0.4, -0.2) is 58.7 Å². The van der Waals surface area contributed by atoms with Crippen molar-refractivity contribution in [2.75, 3.05) is 19.8 Å². The van der Waals surface area contributed by atoms with Crippen LogP contribution in [0.15, 0.2) is 22.8 Å². The van der Waals surface area contributed by atoms with Gasteiger partial charge in [0.05, 0.1) is 26.0 Å². The zero-order valence-electron chi connectivity index (χ0n) is 11.6. The number of nitrogens with zero attached hydrogens (tertiary/aromatic N) is 2. The van der Waals surface area contributed by atoms with Gasteiger partial charge in [-0.25, -0.2) is 9.59 Å². The summed E-state index contributed by atoms with van der Waals surface area (Å²) in [6, 6.07) is 2.62. The molecule has 1 atom stereocenters. The molecule has 7 heteroatoms. The Hall–Kier alpha value is -2.02. The summed E-state index contributed by atoms with van der Waals surface area (Å²) in [5, 5.41) is 9.24. The minimum absolute atomic E-state index is 0.0420. The summed E-state index contributed by atoms with van der Waals surface area (Å²) in [5.74, 6) is -0.327. The number of furan rings is 1. The van der Waals surface area contributed by atoms with Gasteiger partial charge in [0.2, 0.25) is 0 Å². The van der Waals surface area contributed by atoms with Gasteiger partial charge in [-0.2, -0.15) is 0 Å². The van der Waals surface area contributed by atoms with Crippen LogP contribution in [0, 0.1) is 0 Å². The normalized spacial score (nSPS) is 22.1. The van der Waals surface area contributed by atoms with Crippen LogP contribution < -0.4 is 0 Å². The van der Waals surface area contributed by atoms with Crippen molar-refractivity contribution >= 4 is 12.0 Å². The number of urea groups is 1. The molecule has 1 aromatic heterocycles. The molecule has 1 N–H and O–H groups in total. The number of hydrogen-bond acceptors (Lipinski definition) is 4. The van der Waals surface area contributed by atoms with Crippen molar-refractivity contribution in [2.24, 2.45) is 0 Å². The fourth-order valence-corrected chi connectivity index (χ4v) is 2.51. The van der Waals surface area contributed by atoms with E-state index in [1.807, 2.05) is 6.07 Å². The molecule has 7 nitrogen and oxygen atoms in total. The molecule has 3 rings (SSSR count). The molecule has 1 aliphatic heterocycles. The molecule has 2 heterocycles. The van der Waals surface area contributed by atoms with E-state index >= 15 is 0 Å². The molecule has 21 heavy (non-hydrogen) atoms. The Balaban J connectivity index is 1.75. The molecule has 0 bridgehead atoms. The number of ether oxygens (including phenoxy) is 1. The summed E-state index contributed by atoms with van der Waals surface area (Å²) in [4.78, 5) is 27.1. The van der Waals surface area contributed by atoms with E-state index in [-0.39, 0.29) is 18.7 Å². The summed E-state index contributed by atoms with van der Waals surface area (Å²) in [6.07, 6.45) is 3.47. The fraction of sp³-hybridized carbons (Fsp3) is 0.571. The summed E-state index contributed by atoms with van der Waals surface area (Å²) in [7, 11) is 0. The van der Waals surface area contributed by atoms with E-state index in [1.165, 1.54) is 4.90 Å². The van der Waals surface area contributed by atoms with E-state index in [0.29, 0.717) is 25.5 Å². The summed E-state index contributed by atoms with van der Waals surface area (Å²) in [6.45, 7) is 1.09. The molecular weight excluding hydrogens is 276 g/mol. The molecule has 2 amide bonds. The molecule has 2 aliphatic rings. The largest absolute Gasteiger partial charge is 0.480 e. The molecule has 0 spiro atoms. The topological polar surface area (TPSA) is 83.2 Å². The monoisotopic (exact) mass is 294 g/mol. The second-order valence-corrected chi connectivity index (χ2v) is 5.34. The van der Waals surface area contributed by atoms with Gasteiger partial charge in [0.15, 0.2) is 6.04 Å². The maximum absolute atomic E-state index is 12.7. The van der Waals surface area contributed by atoms with Crippen molar-refractivity contribution in [2.45, 2.75) is 31.5 Å². The predicted octanol–water partition coefficient (Wildman–Crippen LogP) is 1.15. The highest BCUT2D eigenvalue weighted by molar-refractivity contribution is 5.83. The summed E-state index contributed by atoms with van der Waals surface area (Å²) >= 11 is 0. The molecule has 0 radical (unpaired) electrons. The Morgan fingerprint density at radius 3 is 2.86 bits per heavy atom. The highest BCUT2D eigenvalue weighted by Gasteiger charge is 2.40. The van der Waals surface area contributed by atoms with Gasteiger partial charge < -0.3 is 24.1 Å². The van der Waals surface area contributed by atoms with Gasteiger partial charge in [0, 0.05) is 12.6 Å². The van der Waals surface area contributed by atoms with Crippen molar-refractivity contribution in [1.82, 2.24) is 9.80 Å². The molecule has 1 aromatic rings. The Labute approximate surface area is 122 Å². The molecule has 2 fully saturated rings. The maximum atomic E-state index is 12.7. The number of carboxylic acids is 1. The third-order valence-electron chi connectivity index (χ3n) is 3.80. The van der Waals surface area contributed by atoms with E-state index in [2.05, 4.69) is 0 Å². The Kier molecular flexibility index (Phi) is 3.83. The first-order chi connectivity index (χ1) is 10.2. The smallest absolute Gasteiger partial charge is 0.328 e. The standard InChI is InChI=1S/C14H18N2O5/c17-13(18)12-9-20-7-5-15(12)14(19)16(10-3-4-10)8-11-2-1-6-21-11/h1-2,6,10,12H,3-5,7-9H2,(H,17,18). The highest BCUT2D eigenvalue weighted by atomic mass is 16.5. The summed E-state index contributed by atoms with van der Waals surface area (Å²) in [5.41, 5.74) is 0. The second kappa shape index (κ2) is 5.77. The number of carboxylic acid groups (broad SMARTS) is 1. The van der Waals surface area contributed by atoms with Crippen molar-refractivity contribution in [3.8, 4) is 0 Å². The third-order valence-corrected chi connectivity index (χ3v) is 3.80. The van der Waals surface area contributed by atoms with Crippen LogP contribution in [-0.2, 0) is 16.1 Å². The number of hydrogen-bond donors (Lipinski definition) is 1. The fourth-order valence-electron chi connectivity index (χ4n) is 2.51. The first kappa shape index (κ1) is 13.9. The minimum Gasteiger partial charge on any atom is -0.480 e. The lowest BCUT2D eigenvalue weighted by atomic mass is 10.2. The molecular formula is C14H18N2O5. The zero-order chi connectivity index (χ0) is 14.8. The number of carbonyl (C=O) groups is 2. The van der Waals surface area contributed by atoms with Crippen LogP contribution in [0.25, 0.3) is 0 Å². The van der Waals surface area contributed by atoms with Gasteiger partial charge >= 0.3 is 12.0 Å². The number of rotatable bonds is 4. The van der Waals surface area contributed by atoms with Gasteiger partial charge in [-0.15, -0.1) is 0 Å². The van der Waals surface area contributed by atoms with Crippen LogP contribution >= 0.6 is 0 Å². The van der Waals surface area contributed by atoms with Crippen LogP contribution in [0.2, 0.25) is 0 Å². The van der Waals surface area contributed by atoms with Crippen LogP contribution in [0.4, 0.5) is 4.79 Å². The lowest BCUT2D eigenvalue weighted by Crippen LogP contribution is -2.56. The Morgan fingerprint density at radius 1 is 1.43 bits per heavy atom. The van der Waals surface area contributed by atoms with Crippen LogP contribution in [0.5, 0.6) is 0 Å². The van der Waals surface area contributed by atoms with E-state index in [9.17, 15) is 14.7 Å². The van der Waals surface area contributed by atoms with Crippen molar-refractivity contribution in [3.05, 3.63) is 24.2 Å². The lowest BCUT2D eigenvalue weighted by Gasteiger charge is -2.36. The SMILES string of the molecule is O=C(O)C1COCCN1C(=O)N(Cc1ccco1)C1CC1. The Morgan fingerprint density at radius 2 is 2.24 bits per heavy atom. The third kappa shape index (κ3) is 3.02. The molecule has 1 saturated heterocycles. The van der Waals surface area contributed by atoms with Gasteiger partial charge in [0.25, 0.3) is 0 Å². The molecule has 1 aliphatic carbocycles. The van der Waals surface area contributed by atoms with E-state index in [0.717, 1.165) is 12.8 Å². The van der Waals surface area contributed by atoms with Crippen LogP contribution in [0.3, 0.4) is 0 Å². The van der Waals surface area contributed by atoms with Crippen molar-refractivity contribution in [1.29, 1.82) is 0 Å². The van der Waals surface area contributed by atoms with E-state index in [1.54, 1.807) is 17.2 Å². The van der Waals surface area contributed by atoms with E-state index in [4.69, 9.17) is 9.15 Å². The van der Waals surface area contributed by atoms with Gasteiger partial charge in [-0.05, 0) is 25.0 Å². The number of carbonyl (C=O) groups excluding carboxylic acids is 1. The van der Waals surface area contributed by atoms with Crippen molar-refractivity contribution < 1.29 is 23.8 Å². The average molecular weight is 294 g/mol. The van der Waals surface area contributed by atoms with Crippen LogP contribution in [0.1, 0.15) is 18.6 Å². The molecule has 1 unspecified atom stereocenters. The second-order valence-electron chi connectivity index (χ2n) is 5.34. The first-order valence-corrected chi connectivity index (χ1v) is 7.07. The zero-order valence-corrected chi connectivity index (χ0v) is 11.6. The molecule has 1 saturated carbocycles. The Bertz CT molecular complexity index is 511. The molecule has 0 aromatic carbocycles. The summed E-state index contributed by atoms with van der Waals surface area (Å²) < 4.78 is 10.5. The maximum Gasteiger partial charge on any atom is 0.328 e. The number of aliphatic carboxylic acids is 1. The van der Waals surface area contributed by atoms with E-state index < -0.39 is 12.0 Å². The molecule has 114 valence electrons. The first-order valence-electron chi connectivity index (χ1n) is 7.07. The number of amides is 2.